The Hall–Kier alpha value is -1.73. The number of benzene rings is 1. The summed E-state index contributed by atoms with van der Waals surface area (Å²) in [6.45, 7) is 1.94. The molecule has 2 aromatic rings. The Morgan fingerprint density at radius 2 is 2.12 bits per heavy atom. The van der Waals surface area contributed by atoms with Gasteiger partial charge in [0.15, 0.2) is 0 Å². The van der Waals surface area contributed by atoms with Crippen LogP contribution in [0.3, 0.4) is 0 Å². The highest BCUT2D eigenvalue weighted by Gasteiger charge is 2.35. The SMILES string of the molecule is O=C(C1CC(c2ccsc2)NN1)N1CCOC(Cc2ccccc2)C1. The summed E-state index contributed by atoms with van der Waals surface area (Å²) in [5.41, 5.74) is 8.93. The van der Waals surface area contributed by atoms with Crippen LogP contribution in [0.2, 0.25) is 0 Å². The third kappa shape index (κ3) is 3.93. The lowest BCUT2D eigenvalue weighted by Gasteiger charge is -2.34. The lowest BCUT2D eigenvalue weighted by atomic mass is 10.0. The van der Waals surface area contributed by atoms with E-state index in [4.69, 9.17) is 4.74 Å². The maximum atomic E-state index is 12.9. The maximum absolute atomic E-state index is 12.9. The van der Waals surface area contributed by atoms with Gasteiger partial charge in [0.2, 0.25) is 5.91 Å². The average molecular weight is 357 g/mol. The summed E-state index contributed by atoms with van der Waals surface area (Å²) < 4.78 is 5.88. The third-order valence-corrected chi connectivity index (χ3v) is 5.60. The van der Waals surface area contributed by atoms with Crippen molar-refractivity contribution in [3.63, 3.8) is 0 Å². The predicted octanol–water partition coefficient (Wildman–Crippen LogP) is 2.13. The van der Waals surface area contributed by atoms with E-state index in [-0.39, 0.29) is 24.1 Å². The summed E-state index contributed by atoms with van der Waals surface area (Å²) in [6.07, 6.45) is 1.71. The van der Waals surface area contributed by atoms with Crippen LogP contribution in [-0.4, -0.2) is 42.6 Å². The van der Waals surface area contributed by atoms with Gasteiger partial charge in [0, 0.05) is 25.6 Å². The van der Waals surface area contributed by atoms with Gasteiger partial charge in [0.1, 0.15) is 6.04 Å². The van der Waals surface area contributed by atoms with Crippen LogP contribution in [0.1, 0.15) is 23.6 Å². The zero-order chi connectivity index (χ0) is 17.1. The molecule has 4 rings (SSSR count). The van der Waals surface area contributed by atoms with Crippen LogP contribution in [0.4, 0.5) is 0 Å². The van der Waals surface area contributed by atoms with Crippen LogP contribution in [-0.2, 0) is 16.0 Å². The minimum absolute atomic E-state index is 0.0714. The van der Waals surface area contributed by atoms with Gasteiger partial charge in [-0.15, -0.1) is 0 Å². The lowest BCUT2D eigenvalue weighted by molar-refractivity contribution is -0.140. The number of rotatable bonds is 4. The molecule has 3 unspecified atom stereocenters. The van der Waals surface area contributed by atoms with E-state index in [1.807, 2.05) is 23.1 Å². The Morgan fingerprint density at radius 3 is 2.92 bits per heavy atom. The smallest absolute Gasteiger partial charge is 0.241 e. The first-order chi connectivity index (χ1) is 12.3. The van der Waals surface area contributed by atoms with Gasteiger partial charge in [-0.05, 0) is 34.4 Å². The monoisotopic (exact) mass is 357 g/mol. The highest BCUT2D eigenvalue weighted by molar-refractivity contribution is 7.07. The van der Waals surface area contributed by atoms with Crippen molar-refractivity contribution in [3.8, 4) is 0 Å². The molecule has 1 amide bonds. The molecule has 0 saturated carbocycles. The second-order valence-electron chi connectivity index (χ2n) is 6.65. The number of hydrogen-bond donors (Lipinski definition) is 2. The summed E-state index contributed by atoms with van der Waals surface area (Å²) in [5, 5.41) is 4.21. The van der Waals surface area contributed by atoms with Crippen molar-refractivity contribution in [2.75, 3.05) is 19.7 Å². The predicted molar refractivity (Wildman–Crippen MR) is 98.2 cm³/mol. The number of hydrazine groups is 1. The van der Waals surface area contributed by atoms with E-state index in [1.54, 1.807) is 11.3 Å². The van der Waals surface area contributed by atoms with E-state index < -0.39 is 0 Å². The highest BCUT2D eigenvalue weighted by Crippen LogP contribution is 2.25. The Labute approximate surface area is 152 Å². The van der Waals surface area contributed by atoms with Crippen LogP contribution in [0.15, 0.2) is 47.2 Å². The van der Waals surface area contributed by atoms with Crippen molar-refractivity contribution in [3.05, 3.63) is 58.3 Å². The molecule has 2 N–H and O–H groups in total. The molecule has 6 heteroatoms. The molecule has 2 saturated heterocycles. The average Bonchev–Trinajstić information content (AvgIpc) is 3.34. The van der Waals surface area contributed by atoms with Gasteiger partial charge in [0.05, 0.1) is 12.7 Å². The Kier molecular flexibility index (Phi) is 5.12. The van der Waals surface area contributed by atoms with Crippen LogP contribution >= 0.6 is 11.3 Å². The third-order valence-electron chi connectivity index (χ3n) is 4.90. The van der Waals surface area contributed by atoms with Crippen molar-refractivity contribution < 1.29 is 9.53 Å². The van der Waals surface area contributed by atoms with E-state index >= 15 is 0 Å². The Balaban J connectivity index is 1.34. The number of hydrogen-bond acceptors (Lipinski definition) is 5. The minimum Gasteiger partial charge on any atom is -0.374 e. The fourth-order valence-corrected chi connectivity index (χ4v) is 4.26. The van der Waals surface area contributed by atoms with Crippen molar-refractivity contribution >= 4 is 17.2 Å². The Bertz CT molecular complexity index is 692. The van der Waals surface area contributed by atoms with Crippen LogP contribution < -0.4 is 10.9 Å². The van der Waals surface area contributed by atoms with Crippen LogP contribution in [0, 0.1) is 0 Å². The molecular formula is C19H23N3O2S. The van der Waals surface area contributed by atoms with Gasteiger partial charge in [0.25, 0.3) is 0 Å². The van der Waals surface area contributed by atoms with Crippen molar-refractivity contribution in [2.45, 2.75) is 31.0 Å². The van der Waals surface area contributed by atoms with E-state index in [2.05, 4.69) is 39.8 Å². The molecule has 3 heterocycles. The van der Waals surface area contributed by atoms with E-state index in [0.29, 0.717) is 19.7 Å². The molecule has 25 heavy (non-hydrogen) atoms. The standard InChI is InChI=1S/C19H23N3O2S/c23-19(18-11-17(20-21-18)15-6-9-25-13-15)22-7-8-24-16(12-22)10-14-4-2-1-3-5-14/h1-6,9,13,16-18,20-21H,7-8,10-12H2. The quantitative estimate of drug-likeness (QED) is 0.880. The molecule has 1 aromatic heterocycles. The van der Waals surface area contributed by atoms with Gasteiger partial charge in [-0.3, -0.25) is 4.79 Å². The first-order valence-electron chi connectivity index (χ1n) is 8.77. The second-order valence-corrected chi connectivity index (χ2v) is 7.43. The number of carbonyl (C=O) groups is 1. The van der Waals surface area contributed by atoms with Crippen LogP contribution in [0.25, 0.3) is 0 Å². The number of thiophene rings is 1. The minimum atomic E-state index is -0.166. The number of nitrogens with zero attached hydrogens (tertiary/aromatic N) is 1. The fourth-order valence-electron chi connectivity index (χ4n) is 3.55. The summed E-state index contributed by atoms with van der Waals surface area (Å²) in [6, 6.07) is 12.5. The van der Waals surface area contributed by atoms with E-state index in [9.17, 15) is 4.79 Å². The molecule has 132 valence electrons. The summed E-state index contributed by atoms with van der Waals surface area (Å²) >= 11 is 1.69. The molecule has 3 atom stereocenters. The molecular weight excluding hydrogens is 334 g/mol. The zero-order valence-corrected chi connectivity index (χ0v) is 14.9. The molecule has 2 aliphatic heterocycles. The molecule has 0 radical (unpaired) electrons. The number of morpholine rings is 1. The van der Waals surface area contributed by atoms with Gasteiger partial charge in [-0.25, -0.2) is 10.9 Å². The molecule has 5 nitrogen and oxygen atoms in total. The van der Waals surface area contributed by atoms with Gasteiger partial charge in [-0.2, -0.15) is 11.3 Å². The number of amides is 1. The van der Waals surface area contributed by atoms with Crippen molar-refractivity contribution in [2.24, 2.45) is 0 Å². The van der Waals surface area contributed by atoms with Crippen molar-refractivity contribution in [1.29, 1.82) is 0 Å². The van der Waals surface area contributed by atoms with Crippen molar-refractivity contribution in [1.82, 2.24) is 15.8 Å². The van der Waals surface area contributed by atoms with Gasteiger partial charge >= 0.3 is 0 Å². The summed E-state index contributed by atoms with van der Waals surface area (Å²) in [7, 11) is 0. The highest BCUT2D eigenvalue weighted by atomic mass is 32.1. The summed E-state index contributed by atoms with van der Waals surface area (Å²) in [4.78, 5) is 14.8. The molecule has 0 spiro atoms. The van der Waals surface area contributed by atoms with Crippen LogP contribution in [0.5, 0.6) is 0 Å². The summed E-state index contributed by atoms with van der Waals surface area (Å²) in [5.74, 6) is 0.173. The molecule has 1 aromatic carbocycles. The second kappa shape index (κ2) is 7.66. The van der Waals surface area contributed by atoms with Gasteiger partial charge < -0.3 is 9.64 Å². The van der Waals surface area contributed by atoms with Gasteiger partial charge in [-0.1, -0.05) is 30.3 Å². The maximum Gasteiger partial charge on any atom is 0.241 e. The Morgan fingerprint density at radius 1 is 1.24 bits per heavy atom. The number of ether oxygens (including phenoxy) is 1. The molecule has 2 aliphatic rings. The number of carbonyl (C=O) groups excluding carboxylic acids is 1. The lowest BCUT2D eigenvalue weighted by Crippen LogP contribution is -2.52. The molecule has 0 aliphatic carbocycles. The topological polar surface area (TPSA) is 53.6 Å². The number of nitrogens with one attached hydrogen (secondary N) is 2. The van der Waals surface area contributed by atoms with E-state index in [0.717, 1.165) is 12.8 Å². The normalized spacial score (nSPS) is 26.7. The fraction of sp³-hybridized carbons (Fsp3) is 0.421. The first-order valence-corrected chi connectivity index (χ1v) is 9.71. The largest absolute Gasteiger partial charge is 0.374 e. The first kappa shape index (κ1) is 16.7. The zero-order valence-electron chi connectivity index (χ0n) is 14.1. The van der Waals surface area contributed by atoms with E-state index in [1.165, 1.54) is 11.1 Å². The molecule has 2 fully saturated rings. The molecule has 0 bridgehead atoms.